The zero-order valence-corrected chi connectivity index (χ0v) is 11.4. The predicted molar refractivity (Wildman–Crippen MR) is 72.0 cm³/mol. The van der Waals surface area contributed by atoms with Crippen molar-refractivity contribution in [3.63, 3.8) is 0 Å². The summed E-state index contributed by atoms with van der Waals surface area (Å²) in [5.74, 6) is 0.764. The van der Waals surface area contributed by atoms with Crippen LogP contribution in [0.5, 0.6) is 5.75 Å². The first-order chi connectivity index (χ1) is 7.65. The Bertz CT molecular complexity index is 371. The van der Waals surface area contributed by atoms with Gasteiger partial charge in [0.05, 0.1) is 11.1 Å². The summed E-state index contributed by atoms with van der Waals surface area (Å²) in [7, 11) is 0. The summed E-state index contributed by atoms with van der Waals surface area (Å²) in [6, 6.07) is 5.52. The molecule has 1 aromatic rings. The molecule has 3 nitrogen and oxygen atoms in total. The van der Waals surface area contributed by atoms with Crippen LogP contribution in [-0.2, 0) is 4.74 Å². The number of hydrogen-bond donors (Lipinski definition) is 1. The zero-order valence-electron chi connectivity index (χ0n) is 9.03. The lowest BCUT2D eigenvalue weighted by Gasteiger charge is -2.09. The maximum absolute atomic E-state index is 5.52. The maximum Gasteiger partial charge on any atom is 0.133 e. The fourth-order valence-electron chi connectivity index (χ4n) is 1.13. The number of benzene rings is 1. The van der Waals surface area contributed by atoms with Crippen LogP contribution in [0, 0.1) is 0 Å². The highest BCUT2D eigenvalue weighted by Gasteiger charge is 2.04. The van der Waals surface area contributed by atoms with Crippen molar-refractivity contribution in [2.24, 2.45) is 5.73 Å². The summed E-state index contributed by atoms with van der Waals surface area (Å²) >= 11 is 8.29. The monoisotopic (exact) mass is 303 g/mol. The molecule has 88 valence electrons. The molecule has 0 atom stereocenters. The molecule has 0 radical (unpaired) electrons. The van der Waals surface area contributed by atoms with Gasteiger partial charge in [-0.15, -0.1) is 0 Å². The van der Waals surface area contributed by atoms with Crippen molar-refractivity contribution in [1.29, 1.82) is 0 Å². The number of halogens is 1. The molecule has 0 amide bonds. The molecule has 0 spiro atoms. The molecular weight excluding hydrogens is 290 g/mol. The van der Waals surface area contributed by atoms with Crippen LogP contribution in [0.4, 0.5) is 0 Å². The minimum absolute atomic E-state index is 0.376. The molecular formula is C11H14BrNO2S. The lowest BCUT2D eigenvalue weighted by molar-refractivity contribution is 0.110. The second-order valence-corrected chi connectivity index (χ2v) is 4.35. The molecule has 0 saturated heterocycles. The van der Waals surface area contributed by atoms with Crippen molar-refractivity contribution in [3.05, 3.63) is 28.2 Å². The molecule has 0 fully saturated rings. The van der Waals surface area contributed by atoms with Crippen molar-refractivity contribution in [2.45, 2.75) is 6.92 Å². The van der Waals surface area contributed by atoms with Crippen LogP contribution in [0.2, 0.25) is 0 Å². The summed E-state index contributed by atoms with van der Waals surface area (Å²) in [6.07, 6.45) is 0. The van der Waals surface area contributed by atoms with Crippen molar-refractivity contribution in [1.82, 2.24) is 0 Å². The Kier molecular flexibility index (Phi) is 5.73. The number of nitrogens with two attached hydrogens (primary N) is 1. The number of hydrogen-bond acceptors (Lipinski definition) is 3. The smallest absolute Gasteiger partial charge is 0.133 e. The standard InChI is InChI=1S/C11H14BrNO2S/c1-2-14-5-6-15-10-4-3-8(11(13)16)7-9(10)12/h3-4,7H,2,5-6H2,1H3,(H2,13,16). The quantitative estimate of drug-likeness (QED) is 0.648. The largest absolute Gasteiger partial charge is 0.490 e. The Balaban J connectivity index is 2.57. The fraction of sp³-hybridized carbons (Fsp3) is 0.364. The molecule has 2 N–H and O–H groups in total. The van der Waals surface area contributed by atoms with E-state index in [1.807, 2.05) is 25.1 Å². The van der Waals surface area contributed by atoms with E-state index >= 15 is 0 Å². The predicted octanol–water partition coefficient (Wildman–Crippen LogP) is 2.50. The van der Waals surface area contributed by atoms with Gasteiger partial charge in [0.25, 0.3) is 0 Å². The van der Waals surface area contributed by atoms with E-state index in [0.29, 0.717) is 24.8 Å². The van der Waals surface area contributed by atoms with Crippen LogP contribution in [0.25, 0.3) is 0 Å². The van der Waals surface area contributed by atoms with E-state index in [1.165, 1.54) is 0 Å². The first-order valence-corrected chi connectivity index (χ1v) is 6.15. The molecule has 0 aromatic heterocycles. The van der Waals surface area contributed by atoms with Crippen LogP contribution in [0.15, 0.2) is 22.7 Å². The molecule has 0 aliphatic rings. The van der Waals surface area contributed by atoms with Gasteiger partial charge in [-0.3, -0.25) is 0 Å². The van der Waals surface area contributed by atoms with Crippen LogP contribution < -0.4 is 10.5 Å². The first kappa shape index (κ1) is 13.4. The Labute approximate surface area is 109 Å². The Hall–Kier alpha value is -0.650. The third kappa shape index (κ3) is 4.08. The Morgan fingerprint density at radius 3 is 2.75 bits per heavy atom. The van der Waals surface area contributed by atoms with E-state index in [4.69, 9.17) is 27.4 Å². The Morgan fingerprint density at radius 2 is 2.19 bits per heavy atom. The molecule has 0 aliphatic carbocycles. The summed E-state index contributed by atoms with van der Waals surface area (Å²) in [4.78, 5) is 0.376. The second-order valence-electron chi connectivity index (χ2n) is 3.05. The average Bonchev–Trinajstić information content (AvgIpc) is 2.26. The molecule has 16 heavy (non-hydrogen) atoms. The third-order valence-electron chi connectivity index (χ3n) is 1.91. The molecule has 0 bridgehead atoms. The number of ether oxygens (including phenoxy) is 2. The molecule has 0 heterocycles. The minimum atomic E-state index is 0.376. The van der Waals surface area contributed by atoms with Gasteiger partial charge in [-0.2, -0.15) is 0 Å². The van der Waals surface area contributed by atoms with Crippen LogP contribution in [0.3, 0.4) is 0 Å². The van der Waals surface area contributed by atoms with Crippen molar-refractivity contribution in [2.75, 3.05) is 19.8 Å². The van der Waals surface area contributed by atoms with Crippen molar-refractivity contribution >= 4 is 33.1 Å². The molecule has 5 heteroatoms. The van der Waals surface area contributed by atoms with Gasteiger partial charge in [0, 0.05) is 12.2 Å². The van der Waals surface area contributed by atoms with Gasteiger partial charge in [0.2, 0.25) is 0 Å². The molecule has 0 unspecified atom stereocenters. The van der Waals surface area contributed by atoms with E-state index in [9.17, 15) is 0 Å². The van der Waals surface area contributed by atoms with Crippen molar-refractivity contribution < 1.29 is 9.47 Å². The topological polar surface area (TPSA) is 44.5 Å². The normalized spacial score (nSPS) is 10.1. The van der Waals surface area contributed by atoms with E-state index in [-0.39, 0.29) is 0 Å². The van der Waals surface area contributed by atoms with Crippen molar-refractivity contribution in [3.8, 4) is 5.75 Å². The number of thiocarbonyl (C=S) groups is 1. The van der Waals surface area contributed by atoms with E-state index < -0.39 is 0 Å². The van der Waals surface area contributed by atoms with Crippen LogP contribution >= 0.6 is 28.1 Å². The number of rotatable bonds is 6. The maximum atomic E-state index is 5.52. The second kappa shape index (κ2) is 6.83. The summed E-state index contributed by atoms with van der Waals surface area (Å²) in [6.45, 7) is 3.76. The lowest BCUT2D eigenvalue weighted by atomic mass is 10.2. The highest BCUT2D eigenvalue weighted by atomic mass is 79.9. The molecule has 1 rings (SSSR count). The first-order valence-electron chi connectivity index (χ1n) is 4.95. The van der Waals surface area contributed by atoms with Gasteiger partial charge >= 0.3 is 0 Å². The summed E-state index contributed by atoms with van der Waals surface area (Å²) in [5.41, 5.74) is 6.34. The minimum Gasteiger partial charge on any atom is -0.490 e. The van der Waals surface area contributed by atoms with Gasteiger partial charge in [-0.05, 0) is 41.1 Å². The Morgan fingerprint density at radius 1 is 1.44 bits per heavy atom. The SMILES string of the molecule is CCOCCOc1ccc(C(N)=S)cc1Br. The lowest BCUT2D eigenvalue weighted by Crippen LogP contribution is -2.10. The van der Waals surface area contributed by atoms with Gasteiger partial charge < -0.3 is 15.2 Å². The molecule has 0 aliphatic heterocycles. The van der Waals surface area contributed by atoms with E-state index in [0.717, 1.165) is 15.8 Å². The highest BCUT2D eigenvalue weighted by Crippen LogP contribution is 2.25. The summed E-state index contributed by atoms with van der Waals surface area (Å²) in [5, 5.41) is 0. The van der Waals surface area contributed by atoms with Gasteiger partial charge in [0.15, 0.2) is 0 Å². The van der Waals surface area contributed by atoms with Crippen LogP contribution in [-0.4, -0.2) is 24.8 Å². The molecule has 0 saturated carbocycles. The fourth-order valence-corrected chi connectivity index (χ4v) is 1.75. The average molecular weight is 304 g/mol. The van der Waals surface area contributed by atoms with E-state index in [2.05, 4.69) is 15.9 Å². The third-order valence-corrected chi connectivity index (χ3v) is 2.76. The van der Waals surface area contributed by atoms with Crippen LogP contribution in [0.1, 0.15) is 12.5 Å². The van der Waals surface area contributed by atoms with E-state index in [1.54, 1.807) is 0 Å². The van der Waals surface area contributed by atoms with Gasteiger partial charge in [-0.1, -0.05) is 12.2 Å². The molecule has 1 aromatic carbocycles. The van der Waals surface area contributed by atoms with Gasteiger partial charge in [0.1, 0.15) is 17.3 Å². The van der Waals surface area contributed by atoms with Gasteiger partial charge in [-0.25, -0.2) is 0 Å². The summed E-state index contributed by atoms with van der Waals surface area (Å²) < 4.78 is 11.5. The zero-order chi connectivity index (χ0) is 12.0. The highest BCUT2D eigenvalue weighted by molar-refractivity contribution is 9.10.